The smallest absolute Gasteiger partial charge is 0.129 e. The average molecular weight is 241 g/mol. The maximum absolute atomic E-state index is 5.60. The molecule has 1 aromatic carbocycles. The standard InChI is InChI=1S/C15H17N2O/c1-2-18-14-9-4-3-7-13(14)8-5-10-15-16-11-6-12-17-15/h3-4,6-7,9,11H,2,5,8,10H2,1H3. The van der Waals surface area contributed by atoms with E-state index in [0.717, 1.165) is 30.8 Å². The first-order chi connectivity index (χ1) is 8.90. The van der Waals surface area contributed by atoms with Gasteiger partial charge in [-0.25, -0.2) is 9.97 Å². The van der Waals surface area contributed by atoms with Gasteiger partial charge in [0, 0.05) is 12.6 Å². The van der Waals surface area contributed by atoms with Crippen molar-refractivity contribution in [1.82, 2.24) is 9.97 Å². The van der Waals surface area contributed by atoms with Crippen molar-refractivity contribution in [2.24, 2.45) is 0 Å². The third-order valence-corrected chi connectivity index (χ3v) is 2.69. The highest BCUT2D eigenvalue weighted by Crippen LogP contribution is 2.19. The van der Waals surface area contributed by atoms with E-state index < -0.39 is 0 Å². The minimum atomic E-state index is 0.702. The van der Waals surface area contributed by atoms with E-state index in [4.69, 9.17) is 4.74 Å². The number of aryl methyl sites for hydroxylation is 2. The highest BCUT2D eigenvalue weighted by atomic mass is 16.5. The van der Waals surface area contributed by atoms with E-state index in [1.165, 1.54) is 5.56 Å². The lowest BCUT2D eigenvalue weighted by Gasteiger charge is -2.09. The fraction of sp³-hybridized carbons (Fsp3) is 0.333. The van der Waals surface area contributed by atoms with Crippen LogP contribution in [0.3, 0.4) is 0 Å². The molecular weight excluding hydrogens is 224 g/mol. The van der Waals surface area contributed by atoms with Gasteiger partial charge in [-0.15, -0.1) is 0 Å². The zero-order chi connectivity index (χ0) is 12.6. The summed E-state index contributed by atoms with van der Waals surface area (Å²) in [5.74, 6) is 1.84. The lowest BCUT2D eigenvalue weighted by Crippen LogP contribution is -1.99. The largest absolute Gasteiger partial charge is 0.494 e. The molecule has 2 aromatic rings. The van der Waals surface area contributed by atoms with Crippen LogP contribution in [0, 0.1) is 6.20 Å². The molecule has 0 aliphatic rings. The Bertz CT molecular complexity index is 471. The molecule has 1 heterocycles. The molecule has 2 rings (SSSR count). The molecule has 0 aliphatic heterocycles. The van der Waals surface area contributed by atoms with Gasteiger partial charge < -0.3 is 4.74 Å². The summed E-state index contributed by atoms with van der Waals surface area (Å²) in [6, 6.07) is 9.90. The number of hydrogen-bond acceptors (Lipinski definition) is 3. The van der Waals surface area contributed by atoms with Gasteiger partial charge in [-0.2, -0.15) is 0 Å². The van der Waals surface area contributed by atoms with Gasteiger partial charge >= 0.3 is 0 Å². The van der Waals surface area contributed by atoms with E-state index in [2.05, 4.69) is 22.2 Å². The Morgan fingerprint density at radius 1 is 1.22 bits per heavy atom. The van der Waals surface area contributed by atoms with E-state index in [1.807, 2.05) is 25.1 Å². The van der Waals surface area contributed by atoms with Gasteiger partial charge in [0.1, 0.15) is 11.6 Å². The van der Waals surface area contributed by atoms with Crippen LogP contribution in [0.2, 0.25) is 0 Å². The minimum Gasteiger partial charge on any atom is -0.494 e. The van der Waals surface area contributed by atoms with Crippen LogP contribution in [-0.2, 0) is 12.8 Å². The van der Waals surface area contributed by atoms with E-state index in [9.17, 15) is 0 Å². The number of benzene rings is 1. The molecule has 3 nitrogen and oxygen atoms in total. The van der Waals surface area contributed by atoms with Gasteiger partial charge in [0.05, 0.1) is 12.8 Å². The fourth-order valence-electron chi connectivity index (χ4n) is 1.86. The molecule has 3 heteroatoms. The van der Waals surface area contributed by atoms with E-state index in [0.29, 0.717) is 6.61 Å². The number of para-hydroxylation sites is 1. The summed E-state index contributed by atoms with van der Waals surface area (Å²) in [6.07, 6.45) is 7.41. The summed E-state index contributed by atoms with van der Waals surface area (Å²) < 4.78 is 5.60. The molecule has 0 fully saturated rings. The molecule has 0 amide bonds. The molecule has 0 unspecified atom stereocenters. The molecule has 0 aliphatic carbocycles. The number of aromatic nitrogens is 2. The van der Waals surface area contributed by atoms with Crippen molar-refractivity contribution in [3.8, 4) is 5.75 Å². The van der Waals surface area contributed by atoms with Crippen LogP contribution in [0.5, 0.6) is 5.75 Å². The van der Waals surface area contributed by atoms with E-state index in [1.54, 1.807) is 12.3 Å². The van der Waals surface area contributed by atoms with Gasteiger partial charge in [-0.1, -0.05) is 18.2 Å². The second-order valence-corrected chi connectivity index (χ2v) is 4.00. The lowest BCUT2D eigenvalue weighted by molar-refractivity contribution is 0.336. The predicted octanol–water partition coefficient (Wildman–Crippen LogP) is 2.85. The Morgan fingerprint density at radius 3 is 2.89 bits per heavy atom. The van der Waals surface area contributed by atoms with Gasteiger partial charge in [-0.3, -0.25) is 0 Å². The van der Waals surface area contributed by atoms with Crippen molar-refractivity contribution in [1.29, 1.82) is 0 Å². The first-order valence-corrected chi connectivity index (χ1v) is 6.29. The van der Waals surface area contributed by atoms with Gasteiger partial charge in [0.25, 0.3) is 0 Å². The topological polar surface area (TPSA) is 35.0 Å². The Kier molecular flexibility index (Phi) is 4.70. The maximum Gasteiger partial charge on any atom is 0.129 e. The van der Waals surface area contributed by atoms with Crippen molar-refractivity contribution in [3.63, 3.8) is 0 Å². The van der Waals surface area contributed by atoms with Crippen LogP contribution in [-0.4, -0.2) is 16.6 Å². The zero-order valence-corrected chi connectivity index (χ0v) is 10.6. The van der Waals surface area contributed by atoms with Crippen LogP contribution >= 0.6 is 0 Å². The predicted molar refractivity (Wildman–Crippen MR) is 70.5 cm³/mol. The highest BCUT2D eigenvalue weighted by molar-refractivity contribution is 5.33. The molecule has 0 saturated carbocycles. The summed E-state index contributed by atoms with van der Waals surface area (Å²) >= 11 is 0. The molecule has 0 atom stereocenters. The van der Waals surface area contributed by atoms with Crippen LogP contribution < -0.4 is 4.74 Å². The quantitative estimate of drug-likeness (QED) is 0.780. The first kappa shape index (κ1) is 12.6. The molecule has 0 saturated heterocycles. The van der Waals surface area contributed by atoms with Crippen LogP contribution in [0.4, 0.5) is 0 Å². The third kappa shape index (κ3) is 3.55. The number of nitrogens with zero attached hydrogens (tertiary/aromatic N) is 2. The Balaban J connectivity index is 1.90. The number of rotatable bonds is 6. The zero-order valence-electron chi connectivity index (χ0n) is 10.6. The van der Waals surface area contributed by atoms with Crippen LogP contribution in [0.15, 0.2) is 36.5 Å². The molecule has 18 heavy (non-hydrogen) atoms. The second-order valence-electron chi connectivity index (χ2n) is 4.00. The number of hydrogen-bond donors (Lipinski definition) is 0. The Labute approximate surface area is 108 Å². The summed E-state index contributed by atoms with van der Waals surface area (Å²) in [4.78, 5) is 8.30. The van der Waals surface area contributed by atoms with Gasteiger partial charge in [-0.05, 0) is 37.5 Å². The average Bonchev–Trinajstić information content (AvgIpc) is 2.42. The van der Waals surface area contributed by atoms with Gasteiger partial charge in [0.2, 0.25) is 0 Å². The summed E-state index contributed by atoms with van der Waals surface area (Å²) in [6.45, 7) is 2.71. The molecule has 1 radical (unpaired) electrons. The third-order valence-electron chi connectivity index (χ3n) is 2.69. The van der Waals surface area contributed by atoms with E-state index in [-0.39, 0.29) is 0 Å². The van der Waals surface area contributed by atoms with Crippen LogP contribution in [0.25, 0.3) is 0 Å². The molecule has 0 bridgehead atoms. The van der Waals surface area contributed by atoms with Crippen molar-refractivity contribution in [2.75, 3.05) is 6.61 Å². The van der Waals surface area contributed by atoms with Gasteiger partial charge in [0.15, 0.2) is 0 Å². The van der Waals surface area contributed by atoms with Crippen molar-refractivity contribution >= 4 is 0 Å². The SMILES string of the molecule is CCOc1ccccc1CCCc1n[c]ccn1. The number of ether oxygens (including phenoxy) is 1. The second kappa shape index (κ2) is 6.74. The minimum absolute atomic E-state index is 0.702. The fourth-order valence-corrected chi connectivity index (χ4v) is 1.86. The monoisotopic (exact) mass is 241 g/mol. The lowest BCUT2D eigenvalue weighted by atomic mass is 10.1. The molecular formula is C15H17N2O. The Hall–Kier alpha value is -1.90. The molecule has 0 spiro atoms. The van der Waals surface area contributed by atoms with Crippen molar-refractivity contribution < 1.29 is 4.74 Å². The normalized spacial score (nSPS) is 10.3. The first-order valence-electron chi connectivity index (χ1n) is 6.29. The Morgan fingerprint density at radius 2 is 2.11 bits per heavy atom. The van der Waals surface area contributed by atoms with Crippen molar-refractivity contribution in [3.05, 3.63) is 54.1 Å². The molecule has 1 aromatic heterocycles. The summed E-state index contributed by atoms with van der Waals surface area (Å²) in [7, 11) is 0. The van der Waals surface area contributed by atoms with E-state index >= 15 is 0 Å². The van der Waals surface area contributed by atoms with Crippen molar-refractivity contribution in [2.45, 2.75) is 26.2 Å². The highest BCUT2D eigenvalue weighted by Gasteiger charge is 2.03. The maximum atomic E-state index is 5.60. The van der Waals surface area contributed by atoms with Crippen LogP contribution in [0.1, 0.15) is 24.7 Å². The summed E-state index contributed by atoms with van der Waals surface area (Å²) in [5, 5.41) is 0. The summed E-state index contributed by atoms with van der Waals surface area (Å²) in [5.41, 5.74) is 1.25. The molecule has 93 valence electrons. The molecule has 0 N–H and O–H groups in total.